The van der Waals surface area contributed by atoms with Crippen LogP contribution in [0, 0.1) is 0 Å². The predicted molar refractivity (Wildman–Crippen MR) is 104 cm³/mol. The van der Waals surface area contributed by atoms with E-state index in [0.717, 1.165) is 12.8 Å². The molecule has 2 aliphatic rings. The number of aliphatic carboxylic acids is 1. The van der Waals surface area contributed by atoms with E-state index < -0.39 is 5.97 Å². The van der Waals surface area contributed by atoms with Crippen LogP contribution in [0.4, 0.5) is 4.79 Å². The molecule has 2 fully saturated rings. The van der Waals surface area contributed by atoms with E-state index in [1.54, 1.807) is 16.8 Å². The topological polar surface area (TPSA) is 85.4 Å². The number of urea groups is 1. The molecule has 1 saturated heterocycles. The van der Waals surface area contributed by atoms with Gasteiger partial charge in [0.15, 0.2) is 0 Å². The second-order valence-corrected chi connectivity index (χ2v) is 8.22. The Bertz CT molecular complexity index is 492. The number of nitrogens with zero attached hydrogens (tertiary/aromatic N) is 3. The van der Waals surface area contributed by atoms with E-state index in [4.69, 9.17) is 9.84 Å². The second kappa shape index (κ2) is 10.2. The number of amides is 2. The van der Waals surface area contributed by atoms with Crippen molar-refractivity contribution in [1.29, 1.82) is 0 Å². The summed E-state index contributed by atoms with van der Waals surface area (Å²) in [5, 5.41) is 12.0. The monoisotopic (exact) mass is 384 g/mol. The minimum atomic E-state index is -0.861. The zero-order valence-corrected chi connectivity index (χ0v) is 17.1. The summed E-state index contributed by atoms with van der Waals surface area (Å²) in [6.45, 7) is 2.68. The first-order valence-electron chi connectivity index (χ1n) is 10.0. The highest BCUT2D eigenvalue weighted by Crippen LogP contribution is 2.30. The van der Waals surface area contributed by atoms with Crippen molar-refractivity contribution in [1.82, 2.24) is 20.0 Å². The molecular formula is C19H36N4O4. The van der Waals surface area contributed by atoms with Crippen LogP contribution in [0.3, 0.4) is 0 Å². The number of carbonyl (C=O) groups is 2. The van der Waals surface area contributed by atoms with Gasteiger partial charge >= 0.3 is 12.0 Å². The molecule has 1 unspecified atom stereocenters. The number of nitrogens with one attached hydrogen (secondary N) is 1. The summed E-state index contributed by atoms with van der Waals surface area (Å²) in [7, 11) is 5.98. The molecule has 1 atom stereocenters. The molecule has 0 spiro atoms. The van der Waals surface area contributed by atoms with Gasteiger partial charge in [-0.2, -0.15) is 0 Å². The lowest BCUT2D eigenvalue weighted by Crippen LogP contribution is -2.57. The molecule has 8 heteroatoms. The van der Waals surface area contributed by atoms with Gasteiger partial charge in [0.1, 0.15) is 0 Å². The third-order valence-electron chi connectivity index (χ3n) is 5.90. The van der Waals surface area contributed by atoms with E-state index in [-0.39, 0.29) is 24.2 Å². The van der Waals surface area contributed by atoms with Gasteiger partial charge in [-0.15, -0.1) is 0 Å². The largest absolute Gasteiger partial charge is 0.480 e. The molecule has 0 aromatic rings. The molecule has 8 nitrogen and oxygen atoms in total. The van der Waals surface area contributed by atoms with Gasteiger partial charge in [-0.05, 0) is 34.0 Å². The molecule has 1 aliphatic carbocycles. The van der Waals surface area contributed by atoms with E-state index in [0.29, 0.717) is 32.8 Å². The van der Waals surface area contributed by atoms with Gasteiger partial charge in [-0.3, -0.25) is 9.69 Å². The number of likely N-dealkylation sites (N-methyl/N-ethyl adjacent to an activating group) is 2. The van der Waals surface area contributed by atoms with Crippen LogP contribution in [0.15, 0.2) is 0 Å². The number of carboxylic acids is 1. The second-order valence-electron chi connectivity index (χ2n) is 8.22. The summed E-state index contributed by atoms with van der Waals surface area (Å²) < 4.78 is 5.72. The molecule has 0 bridgehead atoms. The Morgan fingerprint density at radius 1 is 1.19 bits per heavy atom. The van der Waals surface area contributed by atoms with Gasteiger partial charge in [0, 0.05) is 31.7 Å². The van der Waals surface area contributed by atoms with Crippen LogP contribution in [0.2, 0.25) is 0 Å². The van der Waals surface area contributed by atoms with E-state index in [1.165, 1.54) is 25.7 Å². The Labute approximate surface area is 162 Å². The third kappa shape index (κ3) is 6.62. The maximum atomic E-state index is 12.7. The Balaban J connectivity index is 1.86. The Morgan fingerprint density at radius 3 is 2.44 bits per heavy atom. The van der Waals surface area contributed by atoms with Crippen LogP contribution in [-0.2, 0) is 9.53 Å². The summed E-state index contributed by atoms with van der Waals surface area (Å²) in [6, 6.07) is -0.0466. The van der Waals surface area contributed by atoms with Crippen molar-refractivity contribution in [3.8, 4) is 0 Å². The first kappa shape index (κ1) is 21.9. The Hall–Kier alpha value is -1.38. The molecule has 2 N–H and O–H groups in total. The van der Waals surface area contributed by atoms with Crippen LogP contribution in [-0.4, -0.2) is 104 Å². The number of ether oxygens (including phenoxy) is 1. The normalized spacial score (nSPS) is 23.3. The SMILES string of the molecule is CN(CC(=O)O)CC1CN(C(=O)NCC2(N(C)C)CCCCCC2)CCO1. The van der Waals surface area contributed by atoms with Gasteiger partial charge < -0.3 is 25.0 Å². The Kier molecular flexibility index (Phi) is 8.31. The summed E-state index contributed by atoms with van der Waals surface area (Å²) >= 11 is 0. The van der Waals surface area contributed by atoms with Gasteiger partial charge in [0.25, 0.3) is 0 Å². The number of carbonyl (C=O) groups excluding carboxylic acids is 1. The van der Waals surface area contributed by atoms with Gasteiger partial charge in [-0.25, -0.2) is 4.79 Å². The molecule has 0 aromatic heterocycles. The Morgan fingerprint density at radius 2 is 1.85 bits per heavy atom. The van der Waals surface area contributed by atoms with Crippen LogP contribution in [0.1, 0.15) is 38.5 Å². The van der Waals surface area contributed by atoms with Gasteiger partial charge in [-0.1, -0.05) is 25.7 Å². The van der Waals surface area contributed by atoms with Crippen molar-refractivity contribution in [2.45, 2.75) is 50.2 Å². The molecule has 2 rings (SSSR count). The number of rotatable bonds is 7. The number of carboxylic acid groups (broad SMARTS) is 1. The highest BCUT2D eigenvalue weighted by molar-refractivity contribution is 5.74. The molecule has 156 valence electrons. The molecule has 1 saturated carbocycles. The zero-order chi connectivity index (χ0) is 19.9. The van der Waals surface area contributed by atoms with Crippen molar-refractivity contribution >= 4 is 12.0 Å². The highest BCUT2D eigenvalue weighted by Gasteiger charge is 2.34. The average molecular weight is 385 g/mol. The smallest absolute Gasteiger partial charge is 0.317 e. The maximum Gasteiger partial charge on any atom is 0.317 e. The minimum Gasteiger partial charge on any atom is -0.480 e. The quantitative estimate of drug-likeness (QED) is 0.639. The van der Waals surface area contributed by atoms with E-state index >= 15 is 0 Å². The number of morpholine rings is 1. The standard InChI is InChI=1S/C19H36N4O4/c1-21(2)19(8-6-4-5-7-9-19)15-20-18(26)23-10-11-27-16(13-23)12-22(3)14-17(24)25/h16H,4-15H2,1-3H3,(H,20,26)(H,24,25). The zero-order valence-electron chi connectivity index (χ0n) is 17.1. The third-order valence-corrected chi connectivity index (χ3v) is 5.90. The van der Waals surface area contributed by atoms with Crippen molar-refractivity contribution in [2.24, 2.45) is 0 Å². The first-order chi connectivity index (χ1) is 12.8. The van der Waals surface area contributed by atoms with E-state index in [2.05, 4.69) is 24.3 Å². The molecule has 0 aromatic carbocycles. The molecular weight excluding hydrogens is 348 g/mol. The van der Waals surface area contributed by atoms with E-state index in [1.807, 2.05) is 0 Å². The molecule has 0 radical (unpaired) electrons. The molecule has 27 heavy (non-hydrogen) atoms. The maximum absolute atomic E-state index is 12.7. The molecule has 1 heterocycles. The highest BCUT2D eigenvalue weighted by atomic mass is 16.5. The predicted octanol–water partition coefficient (Wildman–Crippen LogP) is 1.07. The summed E-state index contributed by atoms with van der Waals surface area (Å²) in [5.74, 6) is -0.861. The van der Waals surface area contributed by atoms with Crippen molar-refractivity contribution in [3.63, 3.8) is 0 Å². The van der Waals surface area contributed by atoms with Crippen molar-refractivity contribution < 1.29 is 19.4 Å². The van der Waals surface area contributed by atoms with Crippen LogP contribution >= 0.6 is 0 Å². The van der Waals surface area contributed by atoms with Crippen LogP contribution in [0.25, 0.3) is 0 Å². The number of hydrogen-bond acceptors (Lipinski definition) is 5. The lowest BCUT2D eigenvalue weighted by Gasteiger charge is -2.41. The number of hydrogen-bond donors (Lipinski definition) is 2. The fourth-order valence-corrected chi connectivity index (χ4v) is 4.18. The summed E-state index contributed by atoms with van der Waals surface area (Å²) in [4.78, 5) is 29.3. The van der Waals surface area contributed by atoms with E-state index in [9.17, 15) is 9.59 Å². The average Bonchev–Trinajstić information content (AvgIpc) is 2.85. The fraction of sp³-hybridized carbons (Fsp3) is 0.895. The summed E-state index contributed by atoms with van der Waals surface area (Å²) in [6.07, 6.45) is 7.05. The van der Waals surface area contributed by atoms with Crippen molar-refractivity contribution in [3.05, 3.63) is 0 Å². The van der Waals surface area contributed by atoms with Crippen molar-refractivity contribution in [2.75, 3.05) is 60.5 Å². The van der Waals surface area contributed by atoms with Gasteiger partial charge in [0.05, 0.1) is 19.3 Å². The molecule has 2 amide bonds. The lowest BCUT2D eigenvalue weighted by atomic mass is 9.89. The van der Waals surface area contributed by atoms with Crippen LogP contribution in [0.5, 0.6) is 0 Å². The fourth-order valence-electron chi connectivity index (χ4n) is 4.18. The van der Waals surface area contributed by atoms with Gasteiger partial charge in [0.2, 0.25) is 0 Å². The first-order valence-corrected chi connectivity index (χ1v) is 10.0. The lowest BCUT2D eigenvalue weighted by molar-refractivity contribution is -0.138. The van der Waals surface area contributed by atoms with Crippen LogP contribution < -0.4 is 5.32 Å². The molecule has 1 aliphatic heterocycles. The minimum absolute atomic E-state index is 0.0303. The summed E-state index contributed by atoms with van der Waals surface area (Å²) in [5.41, 5.74) is 0.0412.